The Balaban J connectivity index is 1.52. The molecule has 188 valence electrons. The van der Waals surface area contributed by atoms with E-state index in [1.54, 1.807) is 11.9 Å². The maximum absolute atomic E-state index is 14.2. The van der Waals surface area contributed by atoms with Gasteiger partial charge in [-0.1, -0.05) is 78.9 Å². The van der Waals surface area contributed by atoms with Crippen molar-refractivity contribution < 1.29 is 23.9 Å². The van der Waals surface area contributed by atoms with Crippen molar-refractivity contribution in [1.29, 1.82) is 0 Å². The van der Waals surface area contributed by atoms with E-state index in [4.69, 9.17) is 9.47 Å². The monoisotopic (exact) mass is 497 g/mol. The molecule has 3 aromatic carbocycles. The van der Waals surface area contributed by atoms with Gasteiger partial charge in [0.2, 0.25) is 5.91 Å². The molecule has 3 aromatic rings. The van der Waals surface area contributed by atoms with Crippen molar-refractivity contribution >= 4 is 29.2 Å². The minimum atomic E-state index is -0.871. The molecule has 0 N–H and O–H groups in total. The molecule has 8 nitrogen and oxygen atoms in total. The fraction of sp³-hybridized carbons (Fsp3) is 0.241. The van der Waals surface area contributed by atoms with Crippen LogP contribution in [0.25, 0.3) is 0 Å². The first kappa shape index (κ1) is 24.2. The predicted octanol–water partition coefficient (Wildman–Crippen LogP) is 3.66. The van der Waals surface area contributed by atoms with Crippen LogP contribution in [0.5, 0.6) is 0 Å². The Labute approximate surface area is 215 Å². The number of methoxy groups -OCH3 is 1. The molecule has 5 rings (SSSR count). The Kier molecular flexibility index (Phi) is 6.72. The van der Waals surface area contributed by atoms with Gasteiger partial charge in [-0.3, -0.25) is 9.80 Å². The smallest absolute Gasteiger partial charge is 0.354 e. The summed E-state index contributed by atoms with van der Waals surface area (Å²) in [7, 11) is 1.29. The van der Waals surface area contributed by atoms with Crippen LogP contribution in [-0.4, -0.2) is 47.7 Å². The third-order valence-corrected chi connectivity index (χ3v) is 6.79. The van der Waals surface area contributed by atoms with Gasteiger partial charge in [-0.2, -0.15) is 5.10 Å². The molecule has 0 aliphatic carbocycles. The summed E-state index contributed by atoms with van der Waals surface area (Å²) in [5, 5.41) is 6.22. The molecule has 0 radical (unpaired) electrons. The molecule has 2 aliphatic rings. The van der Waals surface area contributed by atoms with Crippen LogP contribution in [0, 0.1) is 0 Å². The number of ether oxygens (including phenoxy) is 2. The highest BCUT2D eigenvalue weighted by Crippen LogP contribution is 2.40. The molecule has 3 atom stereocenters. The maximum atomic E-state index is 14.2. The number of fused-ring (bicyclic) bond motifs is 3. The zero-order chi connectivity index (χ0) is 25.9. The Hall–Kier alpha value is -4.46. The number of anilines is 1. The lowest BCUT2D eigenvalue weighted by Gasteiger charge is -2.31. The van der Waals surface area contributed by atoms with Crippen molar-refractivity contribution in [2.75, 3.05) is 12.1 Å². The molecule has 0 saturated heterocycles. The first-order chi connectivity index (χ1) is 18.0. The number of esters is 2. The average Bonchev–Trinajstić information content (AvgIpc) is 3.30. The number of benzene rings is 3. The molecular formula is C29H27N3O5. The number of hydrogen-bond acceptors (Lipinski definition) is 7. The van der Waals surface area contributed by atoms with Crippen molar-refractivity contribution in [3.05, 3.63) is 102 Å². The predicted molar refractivity (Wildman–Crippen MR) is 138 cm³/mol. The van der Waals surface area contributed by atoms with Gasteiger partial charge in [0.05, 0.1) is 18.7 Å². The van der Waals surface area contributed by atoms with E-state index in [-0.39, 0.29) is 24.8 Å². The van der Waals surface area contributed by atoms with E-state index >= 15 is 0 Å². The van der Waals surface area contributed by atoms with Gasteiger partial charge in [-0.05, 0) is 29.7 Å². The minimum absolute atomic E-state index is 0.112. The molecule has 2 heterocycles. The van der Waals surface area contributed by atoms with Gasteiger partial charge in [-0.25, -0.2) is 9.59 Å². The molecule has 2 aliphatic heterocycles. The van der Waals surface area contributed by atoms with Crippen molar-refractivity contribution in [3.8, 4) is 0 Å². The van der Waals surface area contributed by atoms with E-state index < -0.39 is 29.9 Å². The zero-order valence-corrected chi connectivity index (χ0v) is 20.6. The Morgan fingerprint density at radius 3 is 2.32 bits per heavy atom. The molecule has 0 unspecified atom stereocenters. The van der Waals surface area contributed by atoms with Gasteiger partial charge in [0.15, 0.2) is 5.71 Å². The molecule has 1 amide bonds. The third kappa shape index (κ3) is 4.58. The fourth-order valence-corrected chi connectivity index (χ4v) is 4.86. The lowest BCUT2D eigenvalue weighted by Crippen LogP contribution is -2.51. The number of amides is 1. The summed E-state index contributed by atoms with van der Waals surface area (Å²) in [5.74, 6) is -2.11. The van der Waals surface area contributed by atoms with Crippen LogP contribution in [0.4, 0.5) is 5.69 Å². The second kappa shape index (κ2) is 10.3. The van der Waals surface area contributed by atoms with E-state index in [1.165, 1.54) is 12.0 Å². The summed E-state index contributed by atoms with van der Waals surface area (Å²) >= 11 is 0. The quantitative estimate of drug-likeness (QED) is 0.483. The summed E-state index contributed by atoms with van der Waals surface area (Å²) in [5.41, 5.74) is 3.27. The van der Waals surface area contributed by atoms with Crippen molar-refractivity contribution in [1.82, 2.24) is 4.90 Å². The van der Waals surface area contributed by atoms with Gasteiger partial charge in [0.1, 0.15) is 18.7 Å². The normalized spacial score (nSPS) is 19.3. The Morgan fingerprint density at radius 1 is 0.973 bits per heavy atom. The number of para-hydroxylation sites is 1. The second-order valence-corrected chi connectivity index (χ2v) is 9.02. The molecule has 0 fully saturated rings. The fourth-order valence-electron chi connectivity index (χ4n) is 4.86. The second-order valence-electron chi connectivity index (χ2n) is 9.02. The highest BCUT2D eigenvalue weighted by Gasteiger charge is 2.51. The molecule has 0 saturated carbocycles. The molecular weight excluding hydrogens is 470 g/mol. The highest BCUT2D eigenvalue weighted by atomic mass is 16.5. The van der Waals surface area contributed by atoms with Gasteiger partial charge >= 0.3 is 11.9 Å². The number of carbonyl (C=O) groups is 3. The van der Waals surface area contributed by atoms with Gasteiger partial charge < -0.3 is 14.4 Å². The van der Waals surface area contributed by atoms with Crippen LogP contribution >= 0.6 is 0 Å². The number of rotatable bonds is 6. The van der Waals surface area contributed by atoms with E-state index in [0.717, 1.165) is 16.7 Å². The Bertz CT molecular complexity index is 1340. The lowest BCUT2D eigenvalue weighted by atomic mass is 9.87. The van der Waals surface area contributed by atoms with Gasteiger partial charge in [0, 0.05) is 6.54 Å². The Morgan fingerprint density at radius 2 is 1.62 bits per heavy atom. The minimum Gasteiger partial charge on any atom is -0.464 e. The molecule has 0 spiro atoms. The van der Waals surface area contributed by atoms with Crippen molar-refractivity contribution in [3.63, 3.8) is 0 Å². The van der Waals surface area contributed by atoms with Gasteiger partial charge in [0.25, 0.3) is 0 Å². The van der Waals surface area contributed by atoms with Crippen LogP contribution in [0.15, 0.2) is 90.0 Å². The van der Waals surface area contributed by atoms with E-state index in [2.05, 4.69) is 5.10 Å². The summed E-state index contributed by atoms with van der Waals surface area (Å²) in [6, 6.07) is 24.4. The van der Waals surface area contributed by atoms with Gasteiger partial charge in [-0.15, -0.1) is 0 Å². The standard InChI is InChI=1S/C29H27N3O5/c1-19(28(34)37-18-20-11-5-3-6-12-20)31-17-22-15-9-10-16-23(22)32-26(27(31)33)24(21-13-7-4-8-14-21)25(30-32)29(35)36-2/h3-16,19,24,26H,17-18H2,1-2H3/t19-,24+,26+/m0/s1. The number of carbonyl (C=O) groups excluding carboxylic acids is 3. The van der Waals surface area contributed by atoms with Crippen LogP contribution in [-0.2, 0) is 37.0 Å². The first-order valence-electron chi connectivity index (χ1n) is 12.1. The topological polar surface area (TPSA) is 88.5 Å². The first-order valence-corrected chi connectivity index (χ1v) is 12.1. The van der Waals surface area contributed by atoms with E-state index in [1.807, 2.05) is 84.9 Å². The summed E-state index contributed by atoms with van der Waals surface area (Å²) in [6.45, 7) is 1.98. The number of hydrogen-bond donors (Lipinski definition) is 0. The molecule has 0 bridgehead atoms. The lowest BCUT2D eigenvalue weighted by molar-refractivity contribution is -0.156. The van der Waals surface area contributed by atoms with Crippen LogP contribution < -0.4 is 5.01 Å². The summed E-state index contributed by atoms with van der Waals surface area (Å²) < 4.78 is 10.6. The zero-order valence-electron chi connectivity index (χ0n) is 20.6. The van der Waals surface area contributed by atoms with Crippen LogP contribution in [0.2, 0.25) is 0 Å². The third-order valence-electron chi connectivity index (χ3n) is 6.79. The van der Waals surface area contributed by atoms with E-state index in [9.17, 15) is 14.4 Å². The SMILES string of the molecule is COC(=O)C1=NN2c3ccccc3CN([C@@H](C)C(=O)OCc3ccccc3)C(=O)[C@H]2[C@@H]1c1ccccc1. The largest absolute Gasteiger partial charge is 0.464 e. The molecule has 8 heteroatoms. The van der Waals surface area contributed by atoms with Crippen molar-refractivity contribution in [2.24, 2.45) is 5.10 Å². The number of nitrogens with zero attached hydrogens (tertiary/aromatic N) is 3. The average molecular weight is 498 g/mol. The maximum Gasteiger partial charge on any atom is 0.354 e. The van der Waals surface area contributed by atoms with E-state index in [0.29, 0.717) is 5.69 Å². The summed E-state index contributed by atoms with van der Waals surface area (Å²) in [6.07, 6.45) is 0. The van der Waals surface area contributed by atoms with Crippen LogP contribution in [0.1, 0.15) is 29.5 Å². The number of hydrazone groups is 1. The molecule has 37 heavy (non-hydrogen) atoms. The highest BCUT2D eigenvalue weighted by molar-refractivity contribution is 6.40. The summed E-state index contributed by atoms with van der Waals surface area (Å²) in [4.78, 5) is 41.6. The molecule has 0 aromatic heterocycles. The van der Waals surface area contributed by atoms with Crippen molar-refractivity contribution in [2.45, 2.75) is 38.1 Å². The van der Waals surface area contributed by atoms with Crippen LogP contribution in [0.3, 0.4) is 0 Å².